The predicted octanol–water partition coefficient (Wildman–Crippen LogP) is 0.717. The fraction of sp³-hybridized carbons (Fsp3) is 0.353. The highest BCUT2D eigenvalue weighted by Crippen LogP contribution is 2.39. The van der Waals surface area contributed by atoms with Crippen LogP contribution in [0.1, 0.15) is 12.8 Å². The van der Waals surface area contributed by atoms with Crippen molar-refractivity contribution in [1.82, 2.24) is 10.2 Å². The van der Waals surface area contributed by atoms with Crippen molar-refractivity contribution >= 4 is 27.9 Å². The number of nitrogens with zero attached hydrogens (tertiary/aromatic N) is 1. The zero-order chi connectivity index (χ0) is 23.0. The Kier molecular flexibility index (Phi) is 5.85. The number of rotatable bonds is 7. The van der Waals surface area contributed by atoms with Gasteiger partial charge in [0.05, 0.1) is 6.04 Å². The molecule has 14 heteroatoms. The van der Waals surface area contributed by atoms with Gasteiger partial charge in [0.1, 0.15) is 11.8 Å². The van der Waals surface area contributed by atoms with Gasteiger partial charge in [-0.05, 0) is 18.6 Å². The van der Waals surface area contributed by atoms with Crippen LogP contribution in [-0.2, 0) is 28.7 Å². The summed E-state index contributed by atoms with van der Waals surface area (Å²) in [6, 6.07) is 6.28. The molecule has 1 fully saturated rings. The van der Waals surface area contributed by atoms with Gasteiger partial charge in [-0.25, -0.2) is 4.79 Å². The average molecular weight is 464 g/mol. The summed E-state index contributed by atoms with van der Waals surface area (Å²) in [6.07, 6.45) is -0.631. The van der Waals surface area contributed by atoms with E-state index in [2.05, 4.69) is 9.50 Å². The number of benzene rings is 1. The first-order valence-corrected chi connectivity index (χ1v) is 10.1. The van der Waals surface area contributed by atoms with Gasteiger partial charge >= 0.3 is 21.6 Å². The van der Waals surface area contributed by atoms with Crippen LogP contribution in [0.3, 0.4) is 0 Å². The quantitative estimate of drug-likeness (QED) is 0.342. The molecule has 3 rings (SSSR count). The van der Waals surface area contributed by atoms with E-state index in [1.54, 1.807) is 30.3 Å². The molecule has 31 heavy (non-hydrogen) atoms. The van der Waals surface area contributed by atoms with Crippen LogP contribution in [0.4, 0.5) is 13.2 Å². The number of ether oxygens (including phenoxy) is 1. The van der Waals surface area contributed by atoms with Crippen LogP contribution >= 0.6 is 0 Å². The maximum Gasteiger partial charge on any atom is 0.534 e. The molecule has 2 aliphatic rings. The number of fused-ring (bicyclic) bond motifs is 1. The first-order chi connectivity index (χ1) is 14.4. The van der Waals surface area contributed by atoms with Crippen LogP contribution in [0.5, 0.6) is 5.75 Å². The number of carbonyl (C=O) groups excluding carboxylic acids is 2. The highest BCUT2D eigenvalue weighted by atomic mass is 32.2. The summed E-state index contributed by atoms with van der Waals surface area (Å²) in [5.41, 5.74) is -6.78. The second kappa shape index (κ2) is 8.09. The van der Waals surface area contributed by atoms with Crippen LogP contribution in [0.25, 0.3) is 0 Å². The summed E-state index contributed by atoms with van der Waals surface area (Å²) in [4.78, 5) is 36.5. The summed E-state index contributed by atoms with van der Waals surface area (Å²) in [5.74, 6) is -4.06. The maximum atomic E-state index is 12.6. The lowest BCUT2D eigenvalue weighted by Crippen LogP contribution is -2.72. The zero-order valence-corrected chi connectivity index (χ0v) is 16.3. The zero-order valence-electron chi connectivity index (χ0n) is 15.5. The largest absolute Gasteiger partial charge is 0.534 e. The summed E-state index contributed by atoms with van der Waals surface area (Å²) in [5, 5.41) is 11.7. The molecule has 1 unspecified atom stereocenters. The maximum absolute atomic E-state index is 12.6. The second-order valence-electron chi connectivity index (χ2n) is 6.52. The molecule has 10 nitrogen and oxygen atoms in total. The molecule has 0 spiro atoms. The Morgan fingerprint density at radius 3 is 2.45 bits per heavy atom. The number of amides is 2. The average Bonchev–Trinajstić information content (AvgIpc) is 2.69. The normalized spacial score (nSPS) is 21.1. The number of para-hydroxylation sites is 1. The lowest BCUT2D eigenvalue weighted by molar-refractivity contribution is -0.156. The molecule has 2 heterocycles. The van der Waals surface area contributed by atoms with E-state index >= 15 is 0 Å². The van der Waals surface area contributed by atoms with Crippen molar-refractivity contribution in [2.45, 2.75) is 30.4 Å². The molecule has 0 aromatic heterocycles. The fourth-order valence-corrected chi connectivity index (χ4v) is 3.69. The third-order valence-corrected chi connectivity index (χ3v) is 5.51. The molecular formula is C17H15F3N2O8S. The number of hydrogen-bond donors (Lipinski definition) is 2. The molecule has 168 valence electrons. The number of hydrogen-bond acceptors (Lipinski definition) is 7. The van der Waals surface area contributed by atoms with E-state index in [1.807, 2.05) is 0 Å². The minimum Gasteiger partial charge on any atom is -0.484 e. The molecule has 1 saturated heterocycles. The Morgan fingerprint density at radius 1 is 1.23 bits per heavy atom. The Morgan fingerprint density at radius 2 is 1.87 bits per heavy atom. The highest BCUT2D eigenvalue weighted by molar-refractivity contribution is 7.87. The van der Waals surface area contributed by atoms with Gasteiger partial charge in [-0.1, -0.05) is 18.2 Å². The number of carboxylic acids is 1. The number of β-lactam (4-membered cyclic amide) rings is 1. The Hall–Kier alpha value is -3.29. The number of nitrogens with one attached hydrogen (secondary N) is 1. The highest BCUT2D eigenvalue weighted by Gasteiger charge is 2.56. The van der Waals surface area contributed by atoms with Gasteiger partial charge in [0, 0.05) is 6.42 Å². The van der Waals surface area contributed by atoms with Crippen LogP contribution in [0.2, 0.25) is 0 Å². The molecule has 2 aliphatic heterocycles. The summed E-state index contributed by atoms with van der Waals surface area (Å²) in [6.45, 7) is -0.430. The summed E-state index contributed by atoms with van der Waals surface area (Å²) < 4.78 is 69.3. The van der Waals surface area contributed by atoms with Crippen LogP contribution in [0.15, 0.2) is 41.8 Å². The smallest absolute Gasteiger partial charge is 0.484 e. The number of carbonyl (C=O) groups is 3. The lowest BCUT2D eigenvalue weighted by atomic mass is 9.86. The molecule has 0 radical (unpaired) electrons. The fourth-order valence-electron chi connectivity index (χ4n) is 3.17. The molecule has 0 saturated carbocycles. The van der Waals surface area contributed by atoms with Gasteiger partial charge in [-0.15, -0.1) is 0 Å². The Balaban J connectivity index is 1.70. The lowest BCUT2D eigenvalue weighted by Gasteiger charge is -2.49. The van der Waals surface area contributed by atoms with E-state index in [0.29, 0.717) is 10.6 Å². The summed E-state index contributed by atoms with van der Waals surface area (Å²) >= 11 is 0. The van der Waals surface area contributed by atoms with Gasteiger partial charge in [0.25, 0.3) is 11.8 Å². The van der Waals surface area contributed by atoms with Crippen molar-refractivity contribution < 1.29 is 50.0 Å². The SMILES string of the molecule is O=C(COc1ccccc1)NC1C(=O)N2C(C(=O)O)=C(OS(=O)(=O)C(F)(F)F)CC[C@@H]12. The molecule has 2 atom stereocenters. The van der Waals surface area contributed by atoms with Crippen LogP contribution in [-0.4, -0.2) is 60.4 Å². The molecule has 2 N–H and O–H groups in total. The van der Waals surface area contributed by atoms with Gasteiger partial charge < -0.3 is 19.3 Å². The van der Waals surface area contributed by atoms with E-state index in [0.717, 1.165) is 0 Å². The van der Waals surface area contributed by atoms with E-state index < -0.39 is 70.0 Å². The molecule has 0 aliphatic carbocycles. The Labute approximate surface area is 173 Å². The number of allylic oxidation sites excluding steroid dienone is 1. The minimum atomic E-state index is -6.11. The van der Waals surface area contributed by atoms with E-state index in [9.17, 15) is 41.1 Å². The number of carboxylic acid groups (broad SMARTS) is 1. The first kappa shape index (κ1) is 22.4. The molecule has 1 aromatic carbocycles. The monoisotopic (exact) mass is 464 g/mol. The molecule has 2 amide bonds. The Bertz CT molecular complexity index is 1040. The third kappa shape index (κ3) is 4.42. The van der Waals surface area contributed by atoms with Crippen molar-refractivity contribution in [3.63, 3.8) is 0 Å². The molecule has 1 aromatic rings. The van der Waals surface area contributed by atoms with Gasteiger partial charge in [0.15, 0.2) is 18.1 Å². The van der Waals surface area contributed by atoms with Gasteiger partial charge in [0.2, 0.25) is 0 Å². The summed E-state index contributed by atoms with van der Waals surface area (Å²) in [7, 11) is -6.11. The van der Waals surface area contributed by atoms with Crippen LogP contribution in [0, 0.1) is 0 Å². The number of alkyl halides is 3. The van der Waals surface area contributed by atoms with E-state index in [1.165, 1.54) is 0 Å². The van der Waals surface area contributed by atoms with Crippen molar-refractivity contribution in [2.75, 3.05) is 6.61 Å². The molecular weight excluding hydrogens is 449 g/mol. The third-order valence-electron chi connectivity index (χ3n) is 4.52. The molecule has 0 bridgehead atoms. The van der Waals surface area contributed by atoms with Crippen molar-refractivity contribution in [2.24, 2.45) is 0 Å². The predicted molar refractivity (Wildman–Crippen MR) is 94.5 cm³/mol. The van der Waals surface area contributed by atoms with Crippen molar-refractivity contribution in [3.05, 3.63) is 41.8 Å². The van der Waals surface area contributed by atoms with Gasteiger partial charge in [-0.3, -0.25) is 14.5 Å². The van der Waals surface area contributed by atoms with Crippen LogP contribution < -0.4 is 10.1 Å². The van der Waals surface area contributed by atoms with Crippen molar-refractivity contribution in [3.8, 4) is 5.75 Å². The topological polar surface area (TPSA) is 139 Å². The standard InChI is InChI=1S/C17H15F3N2O8S/c18-17(19,20)31(27,28)30-11-7-6-10-13(15(24)22(10)14(11)16(25)26)21-12(23)8-29-9-4-2-1-3-5-9/h1-5,10,13H,6-8H2,(H,21,23)(H,25,26)/t10-,13?/m0/s1. The first-order valence-electron chi connectivity index (χ1n) is 8.70. The van der Waals surface area contributed by atoms with E-state index in [4.69, 9.17) is 4.74 Å². The number of halogens is 3. The minimum absolute atomic E-state index is 0.129. The van der Waals surface area contributed by atoms with Crippen molar-refractivity contribution in [1.29, 1.82) is 0 Å². The van der Waals surface area contributed by atoms with Gasteiger partial charge in [-0.2, -0.15) is 21.6 Å². The number of aliphatic carboxylic acids is 1. The second-order valence-corrected chi connectivity index (χ2v) is 8.06. The van der Waals surface area contributed by atoms with E-state index in [-0.39, 0.29) is 6.42 Å².